The van der Waals surface area contributed by atoms with Crippen LogP contribution in [-0.2, 0) is 0 Å². The van der Waals surface area contributed by atoms with Crippen molar-refractivity contribution in [3.63, 3.8) is 0 Å². The van der Waals surface area contributed by atoms with Crippen LogP contribution in [0, 0.1) is 0 Å². The van der Waals surface area contributed by atoms with E-state index in [-0.39, 0.29) is 0 Å². The number of nitrogens with zero attached hydrogens (tertiary/aromatic N) is 6. The molecule has 3 aromatic heterocycles. The zero-order valence-corrected chi connectivity index (χ0v) is 19.2. The van der Waals surface area contributed by atoms with Crippen molar-refractivity contribution in [3.05, 3.63) is 49.1 Å². The molecule has 0 radical (unpaired) electrons. The third-order valence-corrected chi connectivity index (χ3v) is 5.23. The van der Waals surface area contributed by atoms with Gasteiger partial charge in [0.2, 0.25) is 5.95 Å². The smallest absolute Gasteiger partial charge is 0.245 e. The van der Waals surface area contributed by atoms with Crippen molar-refractivity contribution in [2.24, 2.45) is 5.73 Å². The highest BCUT2D eigenvalue weighted by molar-refractivity contribution is 5.73. The highest BCUT2D eigenvalue weighted by Crippen LogP contribution is 2.27. The van der Waals surface area contributed by atoms with Gasteiger partial charge in [0.25, 0.3) is 0 Å². The van der Waals surface area contributed by atoms with E-state index >= 15 is 0 Å². The maximum Gasteiger partial charge on any atom is 0.245 e. The zero-order chi connectivity index (χ0) is 23.2. The van der Waals surface area contributed by atoms with Gasteiger partial charge >= 0.3 is 0 Å². The first-order chi connectivity index (χ1) is 16.1. The molecule has 174 valence electrons. The summed E-state index contributed by atoms with van der Waals surface area (Å²) in [5.41, 5.74) is 6.63. The Bertz CT molecular complexity index is 1170. The monoisotopic (exact) mass is 450 g/mol. The van der Waals surface area contributed by atoms with Crippen LogP contribution in [0.25, 0.3) is 11.2 Å². The van der Waals surface area contributed by atoms with Gasteiger partial charge < -0.3 is 30.0 Å². The molecule has 1 saturated heterocycles. The van der Waals surface area contributed by atoms with Gasteiger partial charge in [-0.1, -0.05) is 6.92 Å². The molecule has 3 N–H and O–H groups in total. The molecule has 1 aromatic carbocycles. The number of aromatic nitrogens is 5. The summed E-state index contributed by atoms with van der Waals surface area (Å²) in [7, 11) is 3.27. The maximum absolute atomic E-state index is 5.37. The summed E-state index contributed by atoms with van der Waals surface area (Å²) in [5.74, 6) is 3.58. The molecule has 1 aliphatic heterocycles. The Morgan fingerprint density at radius 3 is 2.45 bits per heavy atom. The number of fused-ring (bicyclic) bond motifs is 1. The lowest BCUT2D eigenvalue weighted by Crippen LogP contribution is -2.22. The standard InChI is InChI=1S/C21H23N7O2.C2H7N/c1-29-16-10-15(11-17(12-16)30-2)27-13-19(22-14-27)23-20-18-6-5-9-28(18)25-21(24-20)26-7-3-4-8-26;1-2-3/h5-6,9-14H,3-4,7-8H2,1-2H3,(H,23,24,25);2-3H2,1H3. The largest absolute Gasteiger partial charge is 0.497 e. The second-order valence-electron chi connectivity index (χ2n) is 7.56. The Balaban J connectivity index is 0.000000821. The molecule has 0 saturated carbocycles. The first-order valence-corrected chi connectivity index (χ1v) is 11.0. The molecule has 4 aromatic rings. The summed E-state index contributed by atoms with van der Waals surface area (Å²) in [6.07, 6.45) is 7.93. The van der Waals surface area contributed by atoms with E-state index in [1.54, 1.807) is 20.5 Å². The molecule has 4 heterocycles. The molecule has 0 aliphatic carbocycles. The molecule has 0 atom stereocenters. The normalized spacial score (nSPS) is 13.0. The quantitative estimate of drug-likeness (QED) is 0.461. The zero-order valence-electron chi connectivity index (χ0n) is 19.2. The molecule has 0 bridgehead atoms. The summed E-state index contributed by atoms with van der Waals surface area (Å²) < 4.78 is 14.5. The Hall–Kier alpha value is -3.79. The average molecular weight is 451 g/mol. The van der Waals surface area contributed by atoms with E-state index in [0.29, 0.717) is 17.3 Å². The molecule has 10 nitrogen and oxygen atoms in total. The first kappa shape index (κ1) is 22.4. The maximum atomic E-state index is 5.37. The molecule has 1 aliphatic rings. The van der Waals surface area contributed by atoms with Crippen LogP contribution in [0.2, 0.25) is 0 Å². The summed E-state index contributed by atoms with van der Waals surface area (Å²) in [6, 6.07) is 9.64. The minimum Gasteiger partial charge on any atom is -0.497 e. The van der Waals surface area contributed by atoms with E-state index < -0.39 is 0 Å². The number of imidazole rings is 1. The summed E-state index contributed by atoms with van der Waals surface area (Å²) >= 11 is 0. The highest BCUT2D eigenvalue weighted by atomic mass is 16.5. The van der Waals surface area contributed by atoms with Crippen LogP contribution in [0.5, 0.6) is 11.5 Å². The number of benzene rings is 1. The fourth-order valence-electron chi connectivity index (χ4n) is 3.66. The van der Waals surface area contributed by atoms with Crippen LogP contribution in [0.3, 0.4) is 0 Å². The fraction of sp³-hybridized carbons (Fsp3) is 0.348. The number of ether oxygens (including phenoxy) is 2. The van der Waals surface area contributed by atoms with Gasteiger partial charge in [0, 0.05) is 37.5 Å². The Morgan fingerprint density at radius 2 is 1.79 bits per heavy atom. The molecule has 0 unspecified atom stereocenters. The lowest BCUT2D eigenvalue weighted by atomic mass is 10.2. The van der Waals surface area contributed by atoms with Gasteiger partial charge in [0.1, 0.15) is 29.2 Å². The van der Waals surface area contributed by atoms with Crippen molar-refractivity contribution in [1.82, 2.24) is 24.1 Å². The summed E-state index contributed by atoms with van der Waals surface area (Å²) in [4.78, 5) is 11.5. The van der Waals surface area contributed by atoms with E-state index in [1.165, 1.54) is 12.8 Å². The van der Waals surface area contributed by atoms with Crippen LogP contribution >= 0.6 is 0 Å². The first-order valence-electron chi connectivity index (χ1n) is 11.0. The molecule has 0 spiro atoms. The number of anilines is 3. The Morgan fingerprint density at radius 1 is 1.09 bits per heavy atom. The summed E-state index contributed by atoms with van der Waals surface area (Å²) in [6.45, 7) is 4.62. The second kappa shape index (κ2) is 10.2. The van der Waals surface area contributed by atoms with Crippen LogP contribution in [0.1, 0.15) is 19.8 Å². The minimum atomic E-state index is 0.686. The van der Waals surface area contributed by atoms with E-state index in [1.807, 2.05) is 58.7 Å². The molecular formula is C23H30N8O2. The SMILES string of the molecule is CCN.COc1cc(OC)cc(-n2cnc(Nc3nc(N4CCCC4)nn4cccc34)c2)c1. The molecular weight excluding hydrogens is 420 g/mol. The van der Waals surface area contributed by atoms with Gasteiger partial charge in [-0.15, -0.1) is 5.10 Å². The van der Waals surface area contributed by atoms with Crippen molar-refractivity contribution in [2.45, 2.75) is 19.8 Å². The van der Waals surface area contributed by atoms with Gasteiger partial charge in [-0.25, -0.2) is 9.50 Å². The number of methoxy groups -OCH3 is 2. The third-order valence-electron chi connectivity index (χ3n) is 5.23. The van der Waals surface area contributed by atoms with Crippen molar-refractivity contribution < 1.29 is 9.47 Å². The van der Waals surface area contributed by atoms with Gasteiger partial charge in [-0.05, 0) is 31.5 Å². The molecule has 1 fully saturated rings. The van der Waals surface area contributed by atoms with Crippen LogP contribution in [0.4, 0.5) is 17.6 Å². The molecule has 10 heteroatoms. The van der Waals surface area contributed by atoms with Gasteiger partial charge in [-0.3, -0.25) is 0 Å². The number of hydrogen-bond acceptors (Lipinski definition) is 8. The summed E-state index contributed by atoms with van der Waals surface area (Å²) in [5, 5.41) is 8.00. The Kier molecular flexibility index (Phi) is 6.94. The number of hydrogen-bond donors (Lipinski definition) is 2. The predicted molar refractivity (Wildman–Crippen MR) is 129 cm³/mol. The fourth-order valence-corrected chi connectivity index (χ4v) is 3.66. The number of rotatable bonds is 6. The Labute approximate surface area is 193 Å². The highest BCUT2D eigenvalue weighted by Gasteiger charge is 2.18. The van der Waals surface area contributed by atoms with Crippen molar-refractivity contribution in [3.8, 4) is 17.2 Å². The van der Waals surface area contributed by atoms with Crippen molar-refractivity contribution in [1.29, 1.82) is 0 Å². The van der Waals surface area contributed by atoms with Gasteiger partial charge in [0.15, 0.2) is 5.82 Å². The predicted octanol–water partition coefficient (Wildman–Crippen LogP) is 3.24. The third kappa shape index (κ3) is 5.01. The number of nitrogens with one attached hydrogen (secondary N) is 1. The van der Waals surface area contributed by atoms with Crippen molar-refractivity contribution >= 4 is 23.1 Å². The van der Waals surface area contributed by atoms with E-state index in [2.05, 4.69) is 20.3 Å². The van der Waals surface area contributed by atoms with Crippen LogP contribution < -0.4 is 25.4 Å². The van der Waals surface area contributed by atoms with E-state index in [0.717, 1.165) is 42.6 Å². The minimum absolute atomic E-state index is 0.686. The lowest BCUT2D eigenvalue weighted by Gasteiger charge is -2.16. The van der Waals surface area contributed by atoms with Gasteiger partial charge in [0.05, 0.1) is 26.1 Å². The lowest BCUT2D eigenvalue weighted by molar-refractivity contribution is 0.394. The van der Waals surface area contributed by atoms with E-state index in [9.17, 15) is 0 Å². The second-order valence-corrected chi connectivity index (χ2v) is 7.56. The van der Waals surface area contributed by atoms with E-state index in [4.69, 9.17) is 20.2 Å². The van der Waals surface area contributed by atoms with Crippen LogP contribution in [-0.4, -0.2) is 58.0 Å². The topological polar surface area (TPSA) is 108 Å². The molecule has 33 heavy (non-hydrogen) atoms. The van der Waals surface area contributed by atoms with Crippen molar-refractivity contribution in [2.75, 3.05) is 44.1 Å². The van der Waals surface area contributed by atoms with Crippen LogP contribution in [0.15, 0.2) is 49.1 Å². The molecule has 0 amide bonds. The average Bonchev–Trinajstić information content (AvgIpc) is 3.60. The number of nitrogens with two attached hydrogens (primary N) is 1. The molecule has 5 rings (SSSR count). The van der Waals surface area contributed by atoms with Gasteiger partial charge in [-0.2, -0.15) is 4.98 Å².